The van der Waals surface area contributed by atoms with Crippen LogP contribution in [0.3, 0.4) is 0 Å². The molecule has 0 bridgehead atoms. The fourth-order valence-electron chi connectivity index (χ4n) is 2.61. The number of thiophene rings is 1. The first kappa shape index (κ1) is 16.9. The van der Waals surface area contributed by atoms with E-state index in [1.54, 1.807) is 6.07 Å². The minimum absolute atomic E-state index is 0.171. The van der Waals surface area contributed by atoms with Crippen LogP contribution in [0.25, 0.3) is 10.4 Å². The summed E-state index contributed by atoms with van der Waals surface area (Å²) < 4.78 is 0. The Balaban J connectivity index is 2.04. The van der Waals surface area contributed by atoms with Crippen molar-refractivity contribution in [2.75, 3.05) is 4.90 Å². The lowest BCUT2D eigenvalue weighted by Crippen LogP contribution is -2.28. The molecular formula is C20H17NO3S. The van der Waals surface area contributed by atoms with Crippen LogP contribution >= 0.6 is 11.3 Å². The number of anilines is 1. The second kappa shape index (κ2) is 7.32. The summed E-state index contributed by atoms with van der Waals surface area (Å²) in [7, 11) is 0. The number of carbonyl (C=O) groups excluding carboxylic acids is 1. The van der Waals surface area contributed by atoms with E-state index in [1.165, 1.54) is 23.2 Å². The van der Waals surface area contributed by atoms with Crippen molar-refractivity contribution in [3.8, 4) is 10.4 Å². The third-order valence-corrected chi connectivity index (χ3v) is 4.98. The minimum Gasteiger partial charge on any atom is -0.477 e. The number of rotatable bonds is 5. The summed E-state index contributed by atoms with van der Waals surface area (Å²) in [5.74, 6) is -1.22. The van der Waals surface area contributed by atoms with Gasteiger partial charge in [-0.15, -0.1) is 11.3 Å². The van der Waals surface area contributed by atoms with Crippen molar-refractivity contribution in [3.63, 3.8) is 0 Å². The van der Waals surface area contributed by atoms with Gasteiger partial charge in [0.2, 0.25) is 5.91 Å². The fraction of sp³-hybridized carbons (Fsp3) is 0.100. The van der Waals surface area contributed by atoms with Gasteiger partial charge < -0.3 is 10.0 Å². The highest BCUT2D eigenvalue weighted by Crippen LogP contribution is 2.37. The van der Waals surface area contributed by atoms with Crippen molar-refractivity contribution in [3.05, 3.63) is 77.2 Å². The number of hydrogen-bond acceptors (Lipinski definition) is 3. The summed E-state index contributed by atoms with van der Waals surface area (Å²) in [5, 5.41) is 9.60. The molecule has 0 spiro atoms. The van der Waals surface area contributed by atoms with E-state index in [-0.39, 0.29) is 10.8 Å². The number of amides is 1. The quantitative estimate of drug-likeness (QED) is 0.727. The smallest absolute Gasteiger partial charge is 0.348 e. The molecule has 0 aliphatic carbocycles. The summed E-state index contributed by atoms with van der Waals surface area (Å²) in [6.07, 6.45) is 0. The molecule has 0 saturated carbocycles. The maximum atomic E-state index is 12.2. The summed E-state index contributed by atoms with van der Waals surface area (Å²) in [6, 6.07) is 20.9. The fourth-order valence-corrected chi connectivity index (χ4v) is 3.62. The molecule has 3 aromatic rings. The second-order valence-electron chi connectivity index (χ2n) is 5.59. The molecule has 5 heteroatoms. The Hall–Kier alpha value is -2.92. The maximum absolute atomic E-state index is 12.2. The molecule has 0 unspecified atom stereocenters. The maximum Gasteiger partial charge on any atom is 0.348 e. The summed E-state index contributed by atoms with van der Waals surface area (Å²) in [5.41, 5.74) is 2.32. The molecule has 3 rings (SSSR count). The van der Waals surface area contributed by atoms with Gasteiger partial charge in [-0.25, -0.2) is 4.79 Å². The minimum atomic E-state index is -1.03. The average molecular weight is 351 g/mol. The van der Waals surface area contributed by atoms with Crippen LogP contribution < -0.4 is 4.90 Å². The molecule has 1 heterocycles. The predicted octanol–water partition coefficient (Wildman–Crippen LogP) is 4.67. The molecule has 0 saturated heterocycles. The average Bonchev–Trinajstić information content (AvgIpc) is 3.06. The van der Waals surface area contributed by atoms with Crippen LogP contribution in [-0.2, 0) is 11.3 Å². The Morgan fingerprint density at radius 2 is 1.60 bits per heavy atom. The molecule has 0 aliphatic rings. The lowest BCUT2D eigenvalue weighted by molar-refractivity contribution is -0.116. The Bertz CT molecular complexity index is 888. The third kappa shape index (κ3) is 3.78. The standard InChI is InChI=1S/C20H17NO3S/c1-14(22)21(13-15-8-4-2-5-9-15)17-12-18(25-19(17)20(23)24)16-10-6-3-7-11-16/h2-12H,13H2,1H3,(H,23,24). The zero-order valence-electron chi connectivity index (χ0n) is 13.7. The Labute approximate surface area is 150 Å². The lowest BCUT2D eigenvalue weighted by Gasteiger charge is -2.21. The molecule has 4 nitrogen and oxygen atoms in total. The van der Waals surface area contributed by atoms with Gasteiger partial charge in [0.1, 0.15) is 4.88 Å². The van der Waals surface area contributed by atoms with E-state index in [0.717, 1.165) is 16.0 Å². The van der Waals surface area contributed by atoms with E-state index in [0.29, 0.717) is 12.2 Å². The molecule has 0 aliphatic heterocycles. The van der Waals surface area contributed by atoms with Crippen LogP contribution in [-0.4, -0.2) is 17.0 Å². The number of benzene rings is 2. The van der Waals surface area contributed by atoms with Gasteiger partial charge in [-0.2, -0.15) is 0 Å². The van der Waals surface area contributed by atoms with Gasteiger partial charge in [0, 0.05) is 11.8 Å². The normalized spacial score (nSPS) is 10.4. The number of nitrogens with zero attached hydrogens (tertiary/aromatic N) is 1. The Morgan fingerprint density at radius 3 is 2.16 bits per heavy atom. The molecule has 0 radical (unpaired) electrons. The van der Waals surface area contributed by atoms with E-state index < -0.39 is 5.97 Å². The van der Waals surface area contributed by atoms with Gasteiger partial charge >= 0.3 is 5.97 Å². The topological polar surface area (TPSA) is 57.6 Å². The summed E-state index contributed by atoms with van der Waals surface area (Å²) in [4.78, 5) is 26.4. The van der Waals surface area contributed by atoms with Crippen LogP contribution in [0, 0.1) is 0 Å². The van der Waals surface area contributed by atoms with Crippen LogP contribution in [0.4, 0.5) is 5.69 Å². The molecule has 126 valence electrons. The summed E-state index contributed by atoms with van der Waals surface area (Å²) >= 11 is 1.18. The highest BCUT2D eigenvalue weighted by atomic mass is 32.1. The SMILES string of the molecule is CC(=O)N(Cc1ccccc1)c1cc(-c2ccccc2)sc1C(=O)O. The zero-order valence-corrected chi connectivity index (χ0v) is 14.5. The Morgan fingerprint density at radius 1 is 1.00 bits per heavy atom. The number of carboxylic acids is 1. The number of carboxylic acid groups (broad SMARTS) is 1. The molecule has 1 N–H and O–H groups in total. The first-order chi connectivity index (χ1) is 12.1. The highest BCUT2D eigenvalue weighted by Gasteiger charge is 2.23. The van der Waals surface area contributed by atoms with Crippen molar-refractivity contribution < 1.29 is 14.7 Å². The molecule has 25 heavy (non-hydrogen) atoms. The molecule has 1 amide bonds. The monoisotopic (exact) mass is 351 g/mol. The highest BCUT2D eigenvalue weighted by molar-refractivity contribution is 7.18. The first-order valence-corrected chi connectivity index (χ1v) is 8.62. The van der Waals surface area contributed by atoms with Crippen molar-refractivity contribution in [2.45, 2.75) is 13.5 Å². The van der Waals surface area contributed by atoms with Crippen LogP contribution in [0.1, 0.15) is 22.2 Å². The van der Waals surface area contributed by atoms with Gasteiger partial charge in [-0.1, -0.05) is 60.7 Å². The van der Waals surface area contributed by atoms with E-state index >= 15 is 0 Å². The van der Waals surface area contributed by atoms with Gasteiger partial charge in [-0.3, -0.25) is 4.79 Å². The molecule has 1 aromatic heterocycles. The summed E-state index contributed by atoms with van der Waals surface area (Å²) in [6.45, 7) is 1.79. The van der Waals surface area contributed by atoms with Gasteiger partial charge in [0.15, 0.2) is 0 Å². The van der Waals surface area contributed by atoms with Crippen molar-refractivity contribution >= 4 is 28.9 Å². The number of carbonyl (C=O) groups is 2. The largest absolute Gasteiger partial charge is 0.477 e. The van der Waals surface area contributed by atoms with Gasteiger partial charge in [0.05, 0.1) is 12.2 Å². The second-order valence-corrected chi connectivity index (χ2v) is 6.64. The lowest BCUT2D eigenvalue weighted by atomic mass is 10.1. The number of aromatic carboxylic acids is 1. The van der Waals surface area contributed by atoms with Crippen molar-refractivity contribution in [1.82, 2.24) is 0 Å². The van der Waals surface area contributed by atoms with Crippen molar-refractivity contribution in [2.24, 2.45) is 0 Å². The van der Waals surface area contributed by atoms with Gasteiger partial charge in [0.25, 0.3) is 0 Å². The van der Waals surface area contributed by atoms with Crippen LogP contribution in [0.2, 0.25) is 0 Å². The zero-order chi connectivity index (χ0) is 17.8. The molecule has 0 atom stereocenters. The van der Waals surface area contributed by atoms with Gasteiger partial charge in [-0.05, 0) is 17.2 Å². The molecule has 0 fully saturated rings. The molecule has 2 aromatic carbocycles. The van der Waals surface area contributed by atoms with Crippen LogP contribution in [0.15, 0.2) is 66.7 Å². The third-order valence-electron chi connectivity index (χ3n) is 3.82. The Kier molecular flexibility index (Phi) is 4.95. The molecular weight excluding hydrogens is 334 g/mol. The number of hydrogen-bond donors (Lipinski definition) is 1. The predicted molar refractivity (Wildman–Crippen MR) is 100 cm³/mol. The van der Waals surface area contributed by atoms with Crippen LogP contribution in [0.5, 0.6) is 0 Å². The van der Waals surface area contributed by atoms with E-state index in [2.05, 4.69) is 0 Å². The van der Waals surface area contributed by atoms with E-state index in [4.69, 9.17) is 0 Å². The first-order valence-electron chi connectivity index (χ1n) is 7.81. The van der Waals surface area contributed by atoms with E-state index in [9.17, 15) is 14.7 Å². The van der Waals surface area contributed by atoms with E-state index in [1.807, 2.05) is 60.7 Å². The van der Waals surface area contributed by atoms with Crippen molar-refractivity contribution in [1.29, 1.82) is 0 Å².